The van der Waals surface area contributed by atoms with Crippen LogP contribution in [0.2, 0.25) is 0 Å². The number of carbonyl (C=O) groups is 6. The Morgan fingerprint density at radius 3 is 2.35 bits per heavy atom. The molecular weight excluding hydrogens is 805 g/mol. The minimum absolute atomic E-state index is 0.0867. The zero-order valence-corrected chi connectivity index (χ0v) is 35.2. The Hall–Kier alpha value is -6.55. The van der Waals surface area contributed by atoms with E-state index in [1.165, 1.54) is 12.3 Å². The van der Waals surface area contributed by atoms with Gasteiger partial charge >= 0.3 is 0 Å². The van der Waals surface area contributed by atoms with Gasteiger partial charge in [-0.1, -0.05) is 55.3 Å². The molecule has 1 aliphatic heterocycles. The lowest BCUT2D eigenvalue weighted by molar-refractivity contribution is -0.132. The minimum Gasteiger partial charge on any atom is -0.367 e. The van der Waals surface area contributed by atoms with E-state index < -0.39 is 73.1 Å². The number of anilines is 1. The second kappa shape index (κ2) is 23.4. The van der Waals surface area contributed by atoms with Gasteiger partial charge < -0.3 is 41.7 Å². The molecule has 7 N–H and O–H groups in total. The molecule has 0 aliphatic carbocycles. The predicted octanol–water partition coefficient (Wildman–Crippen LogP) is 2.48. The standard InChI is InChI=1S/C43H55F2N11O6/c1-48-21-22-50-41(61)34(23-28-11-6-4-7-12-28)54-42(62)33(14-8-5-9-16-35(47)55(2)3)53-37(58)18-17-36(57)52-32-15-10-13-30-31(19-20-49-39(30)32)40(60)51-26-38(59)56-27-43(44,45)24-29(56)25-46/h4,6-7,10-13,15,19-20,29,33-34,47-48H,5,8-9,14,16-18,21-24,26-27H2,1-3H3,(H,50,61)(H,51,60)(H,52,57)(H,53,58)(H,54,62)/t29-,33-,34-/m0/s1. The molecule has 1 fully saturated rings. The summed E-state index contributed by atoms with van der Waals surface area (Å²) in [7, 11) is 5.34. The maximum Gasteiger partial charge on any atom is 0.268 e. The van der Waals surface area contributed by atoms with Crippen molar-refractivity contribution < 1.29 is 37.5 Å². The van der Waals surface area contributed by atoms with Gasteiger partial charge in [0.25, 0.3) is 11.8 Å². The number of rotatable bonds is 22. The number of pyridine rings is 1. The average molecular weight is 860 g/mol. The third-order valence-corrected chi connectivity index (χ3v) is 10.2. The third kappa shape index (κ3) is 14.6. The number of amidine groups is 1. The zero-order chi connectivity index (χ0) is 45.2. The van der Waals surface area contributed by atoms with E-state index in [0.717, 1.165) is 10.5 Å². The molecule has 19 heteroatoms. The first-order chi connectivity index (χ1) is 29.6. The van der Waals surface area contributed by atoms with E-state index in [2.05, 4.69) is 36.9 Å². The summed E-state index contributed by atoms with van der Waals surface area (Å²) in [5, 5.41) is 34.1. The van der Waals surface area contributed by atoms with Gasteiger partial charge in [-0.2, -0.15) is 5.26 Å². The van der Waals surface area contributed by atoms with Crippen LogP contribution in [0.3, 0.4) is 0 Å². The number of para-hydroxylation sites is 1. The lowest BCUT2D eigenvalue weighted by atomic mass is 10.0. The topological polar surface area (TPSA) is 242 Å². The first-order valence-electron chi connectivity index (χ1n) is 20.5. The number of hydrogen-bond donors (Lipinski definition) is 7. The summed E-state index contributed by atoms with van der Waals surface area (Å²) in [4.78, 5) is 86.1. The Kier molecular flexibility index (Phi) is 18.2. The number of unbranched alkanes of at least 4 members (excludes halogenated alkanes) is 2. The van der Waals surface area contributed by atoms with Crippen LogP contribution in [0, 0.1) is 16.7 Å². The highest BCUT2D eigenvalue weighted by Gasteiger charge is 2.47. The molecule has 0 unspecified atom stereocenters. The third-order valence-electron chi connectivity index (χ3n) is 10.2. The maximum atomic E-state index is 13.9. The number of nitrogens with one attached hydrogen (secondary N) is 7. The molecular formula is C43H55F2N11O6. The Morgan fingerprint density at radius 2 is 1.65 bits per heavy atom. The van der Waals surface area contributed by atoms with Crippen molar-refractivity contribution in [1.29, 1.82) is 10.7 Å². The number of likely N-dealkylation sites (N-methyl/N-ethyl adjacent to an activating group) is 1. The Bertz CT molecular complexity index is 2110. The lowest BCUT2D eigenvalue weighted by Crippen LogP contribution is -2.54. The van der Waals surface area contributed by atoms with Crippen molar-refractivity contribution >= 4 is 57.9 Å². The smallest absolute Gasteiger partial charge is 0.268 e. The summed E-state index contributed by atoms with van der Waals surface area (Å²) in [6.45, 7) is -0.683. The molecule has 4 rings (SSSR count). The molecule has 6 amide bonds. The molecule has 332 valence electrons. The van der Waals surface area contributed by atoms with Gasteiger partial charge in [0.05, 0.1) is 41.8 Å². The highest BCUT2D eigenvalue weighted by Crippen LogP contribution is 2.31. The molecule has 62 heavy (non-hydrogen) atoms. The van der Waals surface area contributed by atoms with Gasteiger partial charge in [-0.15, -0.1) is 0 Å². The number of benzene rings is 2. The van der Waals surface area contributed by atoms with Crippen LogP contribution in [0.25, 0.3) is 10.9 Å². The van der Waals surface area contributed by atoms with Crippen LogP contribution in [0.15, 0.2) is 60.8 Å². The summed E-state index contributed by atoms with van der Waals surface area (Å²) in [5.74, 6) is -6.35. The number of likely N-dealkylation sites (tertiary alicyclic amines) is 1. The fourth-order valence-corrected chi connectivity index (χ4v) is 6.80. The zero-order valence-electron chi connectivity index (χ0n) is 35.2. The van der Waals surface area contributed by atoms with Crippen LogP contribution in [0.1, 0.15) is 67.3 Å². The van der Waals surface area contributed by atoms with Crippen molar-refractivity contribution in [3.8, 4) is 6.07 Å². The molecule has 1 saturated heterocycles. The van der Waals surface area contributed by atoms with Crippen molar-refractivity contribution in [2.24, 2.45) is 0 Å². The maximum absolute atomic E-state index is 13.9. The van der Waals surface area contributed by atoms with E-state index in [-0.39, 0.29) is 48.4 Å². The number of carbonyl (C=O) groups excluding carboxylic acids is 6. The number of aromatic nitrogens is 1. The molecule has 0 radical (unpaired) electrons. The highest BCUT2D eigenvalue weighted by molar-refractivity contribution is 6.11. The summed E-state index contributed by atoms with van der Waals surface area (Å²) in [6.07, 6.45) is 2.90. The number of amides is 6. The van der Waals surface area contributed by atoms with Crippen molar-refractivity contribution in [2.45, 2.75) is 81.8 Å². The summed E-state index contributed by atoms with van der Waals surface area (Å²) in [6, 6.07) is 13.7. The van der Waals surface area contributed by atoms with Crippen molar-refractivity contribution in [1.82, 2.24) is 41.4 Å². The number of hydrogen-bond acceptors (Lipinski definition) is 10. The number of alkyl halides is 2. The predicted molar refractivity (Wildman–Crippen MR) is 228 cm³/mol. The number of nitrogens with zero attached hydrogens (tertiary/aromatic N) is 4. The molecule has 2 aromatic carbocycles. The van der Waals surface area contributed by atoms with Gasteiger partial charge in [-0.3, -0.25) is 39.2 Å². The average Bonchev–Trinajstić information content (AvgIpc) is 3.58. The monoisotopic (exact) mass is 859 g/mol. The Morgan fingerprint density at radius 1 is 0.903 bits per heavy atom. The van der Waals surface area contributed by atoms with E-state index in [0.29, 0.717) is 50.0 Å². The van der Waals surface area contributed by atoms with Crippen LogP contribution in [0.5, 0.6) is 0 Å². The lowest BCUT2D eigenvalue weighted by Gasteiger charge is -2.23. The van der Waals surface area contributed by atoms with Crippen LogP contribution in [-0.2, 0) is 30.4 Å². The Labute approximate surface area is 359 Å². The molecule has 17 nitrogen and oxygen atoms in total. The van der Waals surface area contributed by atoms with Crippen LogP contribution >= 0.6 is 0 Å². The van der Waals surface area contributed by atoms with E-state index >= 15 is 0 Å². The second-order valence-electron chi connectivity index (χ2n) is 15.2. The van der Waals surface area contributed by atoms with E-state index in [4.69, 9.17) is 5.41 Å². The summed E-state index contributed by atoms with van der Waals surface area (Å²) >= 11 is 0. The van der Waals surface area contributed by atoms with Gasteiger partial charge in [-0.05, 0) is 37.6 Å². The van der Waals surface area contributed by atoms with Crippen molar-refractivity contribution in [3.63, 3.8) is 0 Å². The minimum atomic E-state index is -3.21. The normalized spacial score (nSPS) is 15.1. The fraction of sp³-hybridized carbons (Fsp3) is 0.465. The highest BCUT2D eigenvalue weighted by atomic mass is 19.3. The first-order valence-corrected chi connectivity index (χ1v) is 20.5. The van der Waals surface area contributed by atoms with Crippen LogP contribution in [0.4, 0.5) is 14.5 Å². The molecule has 0 saturated carbocycles. The molecule has 0 bridgehead atoms. The van der Waals surface area contributed by atoms with Crippen molar-refractivity contribution in [3.05, 3.63) is 71.9 Å². The van der Waals surface area contributed by atoms with Gasteiger partial charge in [0.15, 0.2) is 0 Å². The Balaban J connectivity index is 1.39. The van der Waals surface area contributed by atoms with Crippen molar-refractivity contribution in [2.75, 3.05) is 52.6 Å². The number of nitriles is 1. The summed E-state index contributed by atoms with van der Waals surface area (Å²) < 4.78 is 27.7. The quantitative estimate of drug-likeness (QED) is 0.0443. The molecule has 0 spiro atoms. The second-order valence-corrected chi connectivity index (χ2v) is 15.2. The number of halogens is 2. The van der Waals surface area contributed by atoms with E-state index in [1.54, 1.807) is 50.3 Å². The largest absolute Gasteiger partial charge is 0.367 e. The molecule has 2 heterocycles. The SMILES string of the molecule is CNCCNC(=O)[C@H](Cc1ccccc1)NC(=O)[C@H](CCCCCC(=N)N(C)C)NC(=O)CCC(=O)Nc1cccc2c(C(=O)NCC(=O)N3CC(F)(F)C[C@H]3C#N)ccnc12. The van der Waals surface area contributed by atoms with Gasteiger partial charge in [-0.25, -0.2) is 8.78 Å². The van der Waals surface area contributed by atoms with E-state index in [1.807, 2.05) is 30.3 Å². The first kappa shape index (κ1) is 48.1. The van der Waals surface area contributed by atoms with E-state index in [9.17, 15) is 42.8 Å². The van der Waals surface area contributed by atoms with Gasteiger partial charge in [0, 0.05) is 70.9 Å². The number of fused-ring (bicyclic) bond motifs is 1. The van der Waals surface area contributed by atoms with Crippen LogP contribution in [-0.4, -0.2) is 127 Å². The van der Waals surface area contributed by atoms with Gasteiger partial charge in [0.1, 0.15) is 18.1 Å². The van der Waals surface area contributed by atoms with Gasteiger partial charge in [0.2, 0.25) is 29.5 Å². The van der Waals surface area contributed by atoms with Crippen LogP contribution < -0.4 is 31.9 Å². The molecule has 3 atom stereocenters. The fourth-order valence-electron chi connectivity index (χ4n) is 6.80. The molecule has 1 aliphatic rings. The molecule has 1 aromatic heterocycles. The summed E-state index contributed by atoms with van der Waals surface area (Å²) in [5.41, 5.74) is 1.37. The molecule has 3 aromatic rings.